The summed E-state index contributed by atoms with van der Waals surface area (Å²) in [6, 6.07) is 10.1. The Morgan fingerprint density at radius 2 is 1.82 bits per heavy atom. The molecule has 0 amide bonds. The first-order chi connectivity index (χ1) is 13.5. The van der Waals surface area contributed by atoms with Gasteiger partial charge in [0.15, 0.2) is 5.78 Å². The van der Waals surface area contributed by atoms with Gasteiger partial charge in [0.25, 0.3) is 0 Å². The van der Waals surface area contributed by atoms with Crippen LogP contribution in [0.25, 0.3) is 0 Å². The summed E-state index contributed by atoms with van der Waals surface area (Å²) >= 11 is 0. The van der Waals surface area contributed by atoms with Gasteiger partial charge in [-0.05, 0) is 37.9 Å². The van der Waals surface area contributed by atoms with Gasteiger partial charge in [0.2, 0.25) is 0 Å². The van der Waals surface area contributed by atoms with Crippen LogP contribution in [0.1, 0.15) is 25.3 Å². The van der Waals surface area contributed by atoms with Crippen LogP contribution in [0.5, 0.6) is 0 Å². The second kappa shape index (κ2) is 10.6. The average Bonchev–Trinajstić information content (AvgIpc) is 2.72. The number of benzene rings is 1. The number of carbonyl (C=O) groups is 1. The largest absolute Gasteiger partial charge is 0.395 e. The lowest BCUT2D eigenvalue weighted by Gasteiger charge is -2.42. The van der Waals surface area contributed by atoms with E-state index < -0.39 is 5.54 Å². The highest BCUT2D eigenvalue weighted by Gasteiger charge is 2.43. The van der Waals surface area contributed by atoms with Gasteiger partial charge in [-0.15, -0.1) is 0 Å². The van der Waals surface area contributed by atoms with Gasteiger partial charge in [0, 0.05) is 31.8 Å². The molecule has 0 heterocycles. The van der Waals surface area contributed by atoms with Crippen LogP contribution in [-0.2, 0) is 11.2 Å². The van der Waals surface area contributed by atoms with Crippen LogP contribution in [0.15, 0.2) is 54.3 Å². The molecule has 1 aromatic rings. The lowest BCUT2D eigenvalue weighted by Crippen LogP contribution is -2.57. The number of hydrogen-bond acceptors (Lipinski definition) is 5. The standard InChI is InChI=1S/C23H34N2O3/c1-4-23(25(3)15-17-27,18-19-8-6-5-7-9-19)22(28)20-10-12-21(13-11-20)24(2)14-16-26/h5-10,12-13,20,26-27H,4,11,14-18H2,1-3H3. The van der Waals surface area contributed by atoms with E-state index >= 15 is 0 Å². The summed E-state index contributed by atoms with van der Waals surface area (Å²) in [5.41, 5.74) is 1.51. The van der Waals surface area contributed by atoms with Crippen molar-refractivity contribution in [1.82, 2.24) is 9.80 Å². The van der Waals surface area contributed by atoms with Gasteiger partial charge in [0.05, 0.1) is 18.8 Å². The minimum absolute atomic E-state index is 0.0246. The lowest BCUT2D eigenvalue weighted by atomic mass is 9.76. The molecule has 28 heavy (non-hydrogen) atoms. The number of allylic oxidation sites excluding steroid dienone is 3. The predicted octanol–water partition coefficient (Wildman–Crippen LogP) is 2.26. The van der Waals surface area contributed by atoms with Crippen molar-refractivity contribution in [3.8, 4) is 0 Å². The Labute approximate surface area is 169 Å². The van der Waals surface area contributed by atoms with Gasteiger partial charge >= 0.3 is 0 Å². The van der Waals surface area contributed by atoms with E-state index in [-0.39, 0.29) is 24.9 Å². The molecule has 0 radical (unpaired) electrons. The fourth-order valence-electron chi connectivity index (χ4n) is 3.99. The van der Waals surface area contributed by atoms with Gasteiger partial charge in [-0.1, -0.05) is 49.4 Å². The van der Waals surface area contributed by atoms with Crippen molar-refractivity contribution in [2.45, 2.75) is 31.7 Å². The lowest BCUT2D eigenvalue weighted by molar-refractivity contribution is -0.134. The van der Waals surface area contributed by atoms with Crippen LogP contribution in [-0.4, -0.2) is 71.7 Å². The van der Waals surface area contributed by atoms with Crippen molar-refractivity contribution in [1.29, 1.82) is 0 Å². The molecule has 0 bridgehead atoms. The molecule has 5 heteroatoms. The molecule has 0 saturated heterocycles. The summed E-state index contributed by atoms with van der Waals surface area (Å²) in [6.07, 6.45) is 8.02. The van der Waals surface area contributed by atoms with Crippen molar-refractivity contribution in [2.75, 3.05) is 40.4 Å². The van der Waals surface area contributed by atoms with Crippen molar-refractivity contribution in [3.05, 3.63) is 59.8 Å². The maximum Gasteiger partial charge on any atom is 0.160 e. The Morgan fingerprint density at radius 1 is 1.14 bits per heavy atom. The van der Waals surface area contributed by atoms with E-state index in [0.29, 0.717) is 32.4 Å². The van der Waals surface area contributed by atoms with Gasteiger partial charge < -0.3 is 15.1 Å². The van der Waals surface area contributed by atoms with Gasteiger partial charge in [-0.25, -0.2) is 0 Å². The van der Waals surface area contributed by atoms with E-state index in [4.69, 9.17) is 5.11 Å². The molecule has 154 valence electrons. The number of ketones is 1. The maximum atomic E-state index is 13.7. The van der Waals surface area contributed by atoms with Crippen molar-refractivity contribution in [3.63, 3.8) is 0 Å². The van der Waals surface area contributed by atoms with Crippen LogP contribution in [0.2, 0.25) is 0 Å². The summed E-state index contributed by atoms with van der Waals surface area (Å²) in [5.74, 6) is 0.0160. The zero-order valence-electron chi connectivity index (χ0n) is 17.3. The first-order valence-electron chi connectivity index (χ1n) is 10.1. The number of carbonyl (C=O) groups excluding carboxylic acids is 1. The molecule has 2 N–H and O–H groups in total. The molecule has 1 aromatic carbocycles. The second-order valence-corrected chi connectivity index (χ2v) is 7.53. The highest BCUT2D eigenvalue weighted by atomic mass is 16.3. The molecule has 2 atom stereocenters. The summed E-state index contributed by atoms with van der Waals surface area (Å²) in [5, 5.41) is 18.6. The summed E-state index contributed by atoms with van der Waals surface area (Å²) in [7, 11) is 3.87. The first-order valence-corrected chi connectivity index (χ1v) is 10.1. The Morgan fingerprint density at radius 3 is 2.36 bits per heavy atom. The molecule has 5 nitrogen and oxygen atoms in total. The number of aliphatic hydroxyl groups is 2. The van der Waals surface area contributed by atoms with Crippen LogP contribution in [0.4, 0.5) is 0 Å². The van der Waals surface area contributed by atoms with Crippen LogP contribution in [0, 0.1) is 5.92 Å². The Balaban J connectivity index is 2.26. The monoisotopic (exact) mass is 386 g/mol. The summed E-state index contributed by atoms with van der Waals surface area (Å²) in [6.45, 7) is 3.21. The Bertz CT molecular complexity index is 686. The maximum absolute atomic E-state index is 13.7. The quantitative estimate of drug-likeness (QED) is 0.611. The topological polar surface area (TPSA) is 64.0 Å². The molecule has 1 aliphatic rings. The van der Waals surface area contributed by atoms with Crippen LogP contribution in [0.3, 0.4) is 0 Å². The minimum atomic E-state index is -0.651. The number of β-amino-alcohol motifs (C(OH)–C–C–N with tert-alkyl or cyclic N) is 1. The van der Waals surface area contributed by atoms with Gasteiger partial charge in [0.1, 0.15) is 0 Å². The molecular weight excluding hydrogens is 352 g/mol. The third kappa shape index (κ3) is 5.10. The molecule has 1 aliphatic carbocycles. The third-order valence-electron chi connectivity index (χ3n) is 5.84. The normalized spacial score (nSPS) is 18.6. The molecule has 0 fully saturated rings. The molecular formula is C23H34N2O3. The van der Waals surface area contributed by atoms with E-state index in [0.717, 1.165) is 11.3 Å². The zero-order valence-corrected chi connectivity index (χ0v) is 17.3. The Kier molecular flexibility index (Phi) is 8.42. The Hall–Kier alpha value is -1.95. The van der Waals surface area contributed by atoms with Crippen molar-refractivity contribution >= 4 is 5.78 Å². The van der Waals surface area contributed by atoms with E-state index in [1.54, 1.807) is 0 Å². The number of rotatable bonds is 11. The number of Topliss-reactive ketones (excluding diaryl/α,β-unsaturated/α-hetero) is 1. The highest BCUT2D eigenvalue weighted by molar-refractivity contribution is 5.92. The molecule has 2 unspecified atom stereocenters. The molecule has 2 rings (SSSR count). The molecule has 0 aliphatic heterocycles. The minimum Gasteiger partial charge on any atom is -0.395 e. The fourth-order valence-corrected chi connectivity index (χ4v) is 3.99. The van der Waals surface area contributed by atoms with E-state index in [2.05, 4.69) is 25.1 Å². The summed E-state index contributed by atoms with van der Waals surface area (Å²) < 4.78 is 0. The number of aliphatic hydroxyl groups excluding tert-OH is 2. The predicted molar refractivity (Wildman–Crippen MR) is 113 cm³/mol. The van der Waals surface area contributed by atoms with Gasteiger partial charge in [-0.3, -0.25) is 9.69 Å². The average molecular weight is 387 g/mol. The fraction of sp³-hybridized carbons (Fsp3) is 0.522. The number of likely N-dealkylation sites (N-methyl/N-ethyl adjacent to an activating group) is 2. The van der Waals surface area contributed by atoms with Crippen LogP contribution < -0.4 is 0 Å². The third-order valence-corrected chi connectivity index (χ3v) is 5.84. The molecule has 0 spiro atoms. The number of hydrogen-bond donors (Lipinski definition) is 2. The van der Waals surface area contributed by atoms with Crippen LogP contribution >= 0.6 is 0 Å². The van der Waals surface area contributed by atoms with E-state index in [1.807, 2.05) is 54.2 Å². The van der Waals surface area contributed by atoms with Gasteiger partial charge in [-0.2, -0.15) is 0 Å². The first kappa shape index (κ1) is 22.3. The molecule has 0 saturated carbocycles. The highest BCUT2D eigenvalue weighted by Crippen LogP contribution is 2.32. The van der Waals surface area contributed by atoms with Crippen molar-refractivity contribution < 1.29 is 15.0 Å². The summed E-state index contributed by atoms with van der Waals surface area (Å²) in [4.78, 5) is 17.7. The van der Waals surface area contributed by atoms with E-state index in [1.165, 1.54) is 0 Å². The SMILES string of the molecule is CCC(Cc1ccccc1)(C(=O)C1C=CC(N(C)CCO)=CC1)N(C)CCO. The molecule has 0 aromatic heterocycles. The second-order valence-electron chi connectivity index (χ2n) is 7.53. The van der Waals surface area contributed by atoms with Crippen molar-refractivity contribution in [2.24, 2.45) is 5.92 Å². The number of nitrogens with zero attached hydrogens (tertiary/aromatic N) is 2. The smallest absolute Gasteiger partial charge is 0.160 e. The van der Waals surface area contributed by atoms with E-state index in [9.17, 15) is 9.90 Å². The zero-order chi connectivity index (χ0) is 20.6.